The van der Waals surface area contributed by atoms with Gasteiger partial charge in [0.05, 0.1) is 6.07 Å². The zero-order chi connectivity index (χ0) is 14.4. The zero-order valence-electron chi connectivity index (χ0n) is 11.4. The quantitative estimate of drug-likeness (QED) is 0.793. The summed E-state index contributed by atoms with van der Waals surface area (Å²) in [5.41, 5.74) is 1.92. The molecule has 0 bridgehead atoms. The maximum Gasteiger partial charge on any atom is 0.253 e. The summed E-state index contributed by atoms with van der Waals surface area (Å²) in [6.45, 7) is 3.99. The third kappa shape index (κ3) is 3.81. The maximum atomic E-state index is 12.4. The highest BCUT2D eigenvalue weighted by atomic mass is 79.9. The van der Waals surface area contributed by atoms with E-state index in [1.165, 1.54) is 5.56 Å². The van der Waals surface area contributed by atoms with Crippen LogP contribution in [-0.4, -0.2) is 48.4 Å². The Morgan fingerprint density at radius 1 is 1.20 bits per heavy atom. The number of hydrogen-bond acceptors (Lipinski definition) is 3. The molecule has 0 unspecified atom stereocenters. The van der Waals surface area contributed by atoms with E-state index in [0.717, 1.165) is 43.6 Å². The average molecular weight is 336 g/mol. The molecule has 0 aliphatic carbocycles. The summed E-state index contributed by atoms with van der Waals surface area (Å²) in [5, 5.41) is 9.39. The van der Waals surface area contributed by atoms with E-state index in [2.05, 4.69) is 26.9 Å². The molecule has 1 aromatic carbocycles. The van der Waals surface area contributed by atoms with E-state index >= 15 is 0 Å². The molecule has 1 aromatic rings. The minimum atomic E-state index is 0.103. The predicted octanol–water partition coefficient (Wildman–Crippen LogP) is 2.25. The van der Waals surface area contributed by atoms with Gasteiger partial charge >= 0.3 is 0 Å². The smallest absolute Gasteiger partial charge is 0.253 e. The summed E-state index contributed by atoms with van der Waals surface area (Å²) >= 11 is 3.40. The van der Waals surface area contributed by atoms with Crippen LogP contribution in [0.3, 0.4) is 0 Å². The molecule has 1 aliphatic heterocycles. The molecule has 20 heavy (non-hydrogen) atoms. The molecule has 106 valence electrons. The van der Waals surface area contributed by atoms with Gasteiger partial charge in [0.15, 0.2) is 0 Å². The normalized spacial score (nSPS) is 15.9. The number of hydrogen-bond donors (Lipinski definition) is 0. The van der Waals surface area contributed by atoms with Crippen LogP contribution < -0.4 is 0 Å². The topological polar surface area (TPSA) is 47.3 Å². The fraction of sp³-hybridized carbons (Fsp3) is 0.467. The van der Waals surface area contributed by atoms with Crippen LogP contribution in [-0.2, 0) is 5.33 Å². The summed E-state index contributed by atoms with van der Waals surface area (Å²) in [7, 11) is 0. The number of amides is 1. The Balaban J connectivity index is 1.89. The number of nitrogens with zero attached hydrogens (tertiary/aromatic N) is 3. The van der Waals surface area contributed by atoms with Gasteiger partial charge < -0.3 is 4.90 Å². The number of alkyl halides is 1. The van der Waals surface area contributed by atoms with Crippen molar-refractivity contribution < 1.29 is 4.79 Å². The van der Waals surface area contributed by atoms with Gasteiger partial charge in [-0.3, -0.25) is 9.69 Å². The second-order valence-electron chi connectivity index (χ2n) is 4.87. The maximum absolute atomic E-state index is 12.4. The zero-order valence-corrected chi connectivity index (χ0v) is 13.0. The van der Waals surface area contributed by atoms with Gasteiger partial charge in [-0.05, 0) is 17.7 Å². The predicted molar refractivity (Wildman–Crippen MR) is 81.6 cm³/mol. The van der Waals surface area contributed by atoms with Crippen molar-refractivity contribution in [3.05, 3.63) is 35.4 Å². The number of benzene rings is 1. The largest absolute Gasteiger partial charge is 0.336 e. The monoisotopic (exact) mass is 335 g/mol. The number of nitriles is 1. The van der Waals surface area contributed by atoms with Crippen molar-refractivity contribution in [1.82, 2.24) is 9.80 Å². The van der Waals surface area contributed by atoms with Crippen LogP contribution in [0.25, 0.3) is 0 Å². The molecule has 5 heteroatoms. The SMILES string of the molecule is N#CCCN1CCN(C(=O)c2ccc(CBr)cc2)CC1. The fourth-order valence-electron chi connectivity index (χ4n) is 2.30. The first-order chi connectivity index (χ1) is 9.74. The number of rotatable bonds is 4. The Bertz CT molecular complexity index is 487. The van der Waals surface area contributed by atoms with Crippen LogP contribution in [0.2, 0.25) is 0 Å². The first-order valence-corrected chi connectivity index (χ1v) is 7.90. The lowest BCUT2D eigenvalue weighted by atomic mass is 10.1. The average Bonchev–Trinajstić information content (AvgIpc) is 2.53. The lowest BCUT2D eigenvalue weighted by Gasteiger charge is -2.34. The lowest BCUT2D eigenvalue weighted by molar-refractivity contribution is 0.0639. The van der Waals surface area contributed by atoms with Crippen molar-refractivity contribution in [2.45, 2.75) is 11.8 Å². The highest BCUT2D eigenvalue weighted by Crippen LogP contribution is 2.12. The van der Waals surface area contributed by atoms with Gasteiger partial charge in [-0.15, -0.1) is 0 Å². The van der Waals surface area contributed by atoms with Gasteiger partial charge in [0, 0.05) is 50.0 Å². The fourth-order valence-corrected chi connectivity index (χ4v) is 2.68. The molecule has 0 saturated carbocycles. The Hall–Kier alpha value is -1.38. The standard InChI is InChI=1S/C15H18BrN3O/c16-12-13-2-4-14(5-3-13)15(20)19-10-8-18(9-11-19)7-1-6-17/h2-5H,1,7-12H2. The summed E-state index contributed by atoms with van der Waals surface area (Å²) in [5.74, 6) is 0.103. The van der Waals surface area contributed by atoms with E-state index < -0.39 is 0 Å². The minimum Gasteiger partial charge on any atom is -0.336 e. The molecule has 1 fully saturated rings. The van der Waals surface area contributed by atoms with Crippen LogP contribution in [0.1, 0.15) is 22.3 Å². The van der Waals surface area contributed by atoms with Crippen molar-refractivity contribution >= 4 is 21.8 Å². The van der Waals surface area contributed by atoms with Crippen molar-refractivity contribution in [2.24, 2.45) is 0 Å². The Morgan fingerprint density at radius 2 is 1.85 bits per heavy atom. The first kappa shape index (κ1) is 15.0. The van der Waals surface area contributed by atoms with Crippen LogP contribution in [0.5, 0.6) is 0 Å². The summed E-state index contributed by atoms with van der Waals surface area (Å²) < 4.78 is 0. The molecule has 2 rings (SSSR count). The third-order valence-corrected chi connectivity index (χ3v) is 4.20. The molecule has 0 radical (unpaired) electrons. The highest BCUT2D eigenvalue weighted by Gasteiger charge is 2.21. The van der Waals surface area contributed by atoms with E-state index in [9.17, 15) is 4.79 Å². The lowest BCUT2D eigenvalue weighted by Crippen LogP contribution is -2.48. The van der Waals surface area contributed by atoms with E-state index in [4.69, 9.17) is 5.26 Å². The van der Waals surface area contributed by atoms with Crippen LogP contribution in [0.15, 0.2) is 24.3 Å². The number of piperazine rings is 1. The minimum absolute atomic E-state index is 0.103. The number of carbonyl (C=O) groups is 1. The Labute approximate surface area is 128 Å². The van der Waals surface area contributed by atoms with Crippen LogP contribution >= 0.6 is 15.9 Å². The summed E-state index contributed by atoms with van der Waals surface area (Å²) in [4.78, 5) is 16.5. The van der Waals surface area contributed by atoms with Gasteiger partial charge in [0.1, 0.15) is 0 Å². The molecular formula is C15H18BrN3O. The molecule has 1 aliphatic rings. The molecule has 1 heterocycles. The first-order valence-electron chi connectivity index (χ1n) is 6.78. The van der Waals surface area contributed by atoms with Crippen LogP contribution in [0, 0.1) is 11.3 Å². The molecule has 0 aromatic heterocycles. The van der Waals surface area contributed by atoms with E-state index in [1.54, 1.807) is 0 Å². The molecule has 0 atom stereocenters. The van der Waals surface area contributed by atoms with Gasteiger partial charge in [0.2, 0.25) is 0 Å². The number of halogens is 1. The molecule has 1 amide bonds. The van der Waals surface area contributed by atoms with E-state index in [-0.39, 0.29) is 5.91 Å². The Kier molecular flexibility index (Phi) is 5.57. The summed E-state index contributed by atoms with van der Waals surface area (Å²) in [6.07, 6.45) is 0.557. The van der Waals surface area contributed by atoms with Crippen molar-refractivity contribution in [3.8, 4) is 6.07 Å². The van der Waals surface area contributed by atoms with Crippen molar-refractivity contribution in [1.29, 1.82) is 5.26 Å². The van der Waals surface area contributed by atoms with Crippen molar-refractivity contribution in [2.75, 3.05) is 32.7 Å². The van der Waals surface area contributed by atoms with Crippen LogP contribution in [0.4, 0.5) is 0 Å². The van der Waals surface area contributed by atoms with Gasteiger partial charge in [0.25, 0.3) is 5.91 Å². The second kappa shape index (κ2) is 7.41. The molecule has 4 nitrogen and oxygen atoms in total. The van der Waals surface area contributed by atoms with Gasteiger partial charge in [-0.1, -0.05) is 28.1 Å². The highest BCUT2D eigenvalue weighted by molar-refractivity contribution is 9.08. The van der Waals surface area contributed by atoms with Gasteiger partial charge in [-0.25, -0.2) is 0 Å². The third-order valence-electron chi connectivity index (χ3n) is 3.55. The molecule has 0 spiro atoms. The van der Waals surface area contributed by atoms with E-state index in [1.807, 2.05) is 29.2 Å². The molecule has 1 saturated heterocycles. The second-order valence-corrected chi connectivity index (χ2v) is 5.43. The van der Waals surface area contributed by atoms with Gasteiger partial charge in [-0.2, -0.15) is 5.26 Å². The Morgan fingerprint density at radius 3 is 2.40 bits per heavy atom. The molecule has 0 N–H and O–H groups in total. The summed E-state index contributed by atoms with van der Waals surface area (Å²) in [6, 6.07) is 9.89. The number of carbonyl (C=O) groups excluding carboxylic acids is 1. The molecular weight excluding hydrogens is 318 g/mol. The van der Waals surface area contributed by atoms with Crippen molar-refractivity contribution in [3.63, 3.8) is 0 Å². The van der Waals surface area contributed by atoms with E-state index in [0.29, 0.717) is 6.42 Å².